The van der Waals surface area contributed by atoms with Gasteiger partial charge in [0, 0.05) is 0 Å². The van der Waals surface area contributed by atoms with E-state index in [1.54, 1.807) is 6.92 Å². The summed E-state index contributed by atoms with van der Waals surface area (Å²) >= 11 is 0. The third kappa shape index (κ3) is 7.99. The standard InChI is InChI=1S/C5H11ClO4.H3N/c1-4-5(2,3)10-6(7,8)9;/h4H2,1-3H3;1H3. The second-order valence-corrected chi connectivity index (χ2v) is 3.48. The first kappa shape index (κ1) is 13.7. The molecule has 0 aromatic rings. The van der Waals surface area contributed by atoms with Crippen LogP contribution in [0.15, 0.2) is 0 Å². The van der Waals surface area contributed by atoms with Crippen molar-refractivity contribution in [2.24, 2.45) is 0 Å². The smallest absolute Gasteiger partial charge is 0.218 e. The van der Waals surface area contributed by atoms with Crippen molar-refractivity contribution in [3.05, 3.63) is 0 Å². The van der Waals surface area contributed by atoms with Gasteiger partial charge in [-0.1, -0.05) is 6.92 Å². The molecule has 11 heavy (non-hydrogen) atoms. The van der Waals surface area contributed by atoms with Crippen LogP contribution in [-0.2, 0) is 4.29 Å². The Labute approximate surface area is 68.3 Å². The molecular weight excluding hydrogens is 174 g/mol. The van der Waals surface area contributed by atoms with Crippen LogP contribution in [0.4, 0.5) is 0 Å². The van der Waals surface area contributed by atoms with Gasteiger partial charge >= 0.3 is 0 Å². The van der Waals surface area contributed by atoms with E-state index < -0.39 is 15.8 Å². The van der Waals surface area contributed by atoms with Crippen molar-refractivity contribution in [2.45, 2.75) is 32.8 Å². The Kier molecular flexibility index (Phi) is 5.22. The van der Waals surface area contributed by atoms with E-state index in [9.17, 15) is 14.0 Å². The zero-order valence-electron chi connectivity index (χ0n) is 6.93. The van der Waals surface area contributed by atoms with Gasteiger partial charge < -0.3 is 6.15 Å². The summed E-state index contributed by atoms with van der Waals surface area (Å²) in [4.78, 5) is 0. The summed E-state index contributed by atoms with van der Waals surface area (Å²) < 4.78 is 34.2. The van der Waals surface area contributed by atoms with Crippen molar-refractivity contribution in [3.63, 3.8) is 0 Å². The molecule has 0 saturated heterocycles. The molecule has 0 aliphatic heterocycles. The summed E-state index contributed by atoms with van der Waals surface area (Å²) in [5, 5.41) is 0. The van der Waals surface area contributed by atoms with E-state index in [1.165, 1.54) is 13.8 Å². The summed E-state index contributed by atoms with van der Waals surface area (Å²) in [5.41, 5.74) is -0.887. The van der Waals surface area contributed by atoms with Crippen LogP contribution in [0.5, 0.6) is 0 Å². The topological polar surface area (TPSA) is 113 Å². The number of halogens is 1. The van der Waals surface area contributed by atoms with Crippen LogP contribution in [0, 0.1) is 10.2 Å². The molecule has 0 rings (SSSR count). The Morgan fingerprint density at radius 2 is 1.64 bits per heavy atom. The fourth-order valence-corrected chi connectivity index (χ4v) is 0.931. The predicted octanol–water partition coefficient (Wildman–Crippen LogP) is -1.75. The molecule has 0 saturated carbocycles. The molecule has 0 bridgehead atoms. The molecule has 5 nitrogen and oxygen atoms in total. The third-order valence-electron chi connectivity index (χ3n) is 1.15. The van der Waals surface area contributed by atoms with E-state index >= 15 is 0 Å². The Morgan fingerprint density at radius 1 is 1.27 bits per heavy atom. The van der Waals surface area contributed by atoms with E-state index in [2.05, 4.69) is 4.29 Å². The highest BCUT2D eigenvalue weighted by Gasteiger charge is 2.34. The summed E-state index contributed by atoms with van der Waals surface area (Å²) in [7, 11) is -4.28. The zero-order chi connectivity index (χ0) is 8.41. The monoisotopic (exact) mass is 187 g/mol. The van der Waals surface area contributed by atoms with E-state index in [0.717, 1.165) is 0 Å². The molecule has 0 aliphatic carbocycles. The maximum Gasteiger partial charge on any atom is 0.218 e. The van der Waals surface area contributed by atoms with Crippen LogP contribution < -0.4 is 20.1 Å². The van der Waals surface area contributed by atoms with Crippen LogP contribution in [0.1, 0.15) is 27.2 Å². The summed E-state index contributed by atoms with van der Waals surface area (Å²) in [5.74, 6) is 0. The summed E-state index contributed by atoms with van der Waals surface area (Å²) in [6.45, 7) is 4.81. The second-order valence-electron chi connectivity index (χ2n) is 2.57. The van der Waals surface area contributed by atoms with Gasteiger partial charge in [0.1, 0.15) is 0 Å². The van der Waals surface area contributed by atoms with Gasteiger partial charge in [-0.05, 0) is 20.3 Å². The minimum Gasteiger partial charge on any atom is -0.344 e. The highest BCUT2D eigenvalue weighted by Crippen LogP contribution is 2.16. The fraction of sp³-hybridized carbons (Fsp3) is 1.00. The highest BCUT2D eigenvalue weighted by molar-refractivity contribution is 4.61. The van der Waals surface area contributed by atoms with Crippen molar-refractivity contribution in [1.82, 2.24) is 6.15 Å². The Bertz CT molecular complexity index is 112. The first-order valence-corrected chi connectivity index (χ1v) is 4.12. The largest absolute Gasteiger partial charge is 0.344 e. The van der Waals surface area contributed by atoms with Gasteiger partial charge in [0.2, 0.25) is 5.60 Å². The molecule has 0 atom stereocenters. The quantitative estimate of drug-likeness (QED) is 0.563. The van der Waals surface area contributed by atoms with Crippen LogP contribution in [-0.4, -0.2) is 5.60 Å². The van der Waals surface area contributed by atoms with Gasteiger partial charge in [-0.3, -0.25) is 0 Å². The van der Waals surface area contributed by atoms with Crippen molar-refractivity contribution in [1.29, 1.82) is 0 Å². The van der Waals surface area contributed by atoms with E-state index in [0.29, 0.717) is 6.42 Å². The van der Waals surface area contributed by atoms with Gasteiger partial charge in [0.05, 0.1) is 14.5 Å². The molecule has 0 heterocycles. The van der Waals surface area contributed by atoms with Gasteiger partial charge in [0.15, 0.2) is 0 Å². The Hall–Kier alpha value is 0.0900. The number of hydrogen-bond donors (Lipinski definition) is 1. The molecule has 0 aromatic carbocycles. The number of hydrogen-bond acceptors (Lipinski definition) is 5. The van der Waals surface area contributed by atoms with Crippen molar-refractivity contribution >= 4 is 0 Å². The summed E-state index contributed by atoms with van der Waals surface area (Å²) in [6, 6.07) is 0. The fourth-order valence-electron chi connectivity index (χ4n) is 0.310. The minimum absolute atomic E-state index is 0. The SMILES string of the molecule is CCC(C)(C)O[Cl+3]([O-])([O-])[O-].N. The van der Waals surface area contributed by atoms with Crippen LogP contribution >= 0.6 is 0 Å². The van der Waals surface area contributed by atoms with Crippen molar-refractivity contribution < 1.29 is 28.5 Å². The lowest BCUT2D eigenvalue weighted by Crippen LogP contribution is -2.63. The van der Waals surface area contributed by atoms with Crippen molar-refractivity contribution in [3.8, 4) is 0 Å². The molecule has 0 amide bonds. The first-order valence-electron chi connectivity index (χ1n) is 2.88. The first-order chi connectivity index (χ1) is 4.27. The lowest BCUT2D eigenvalue weighted by atomic mass is 10.1. The minimum atomic E-state index is -4.28. The normalized spacial score (nSPS) is 12.5. The lowest BCUT2D eigenvalue weighted by Gasteiger charge is -2.21. The van der Waals surface area contributed by atoms with E-state index in [4.69, 9.17) is 0 Å². The highest BCUT2D eigenvalue weighted by atomic mass is 35.7. The maximum absolute atomic E-state index is 10.0. The maximum atomic E-state index is 10.0. The van der Waals surface area contributed by atoms with Crippen molar-refractivity contribution in [2.75, 3.05) is 0 Å². The zero-order valence-corrected chi connectivity index (χ0v) is 7.68. The molecular formula is C5H14ClNO4. The van der Waals surface area contributed by atoms with E-state index in [-0.39, 0.29) is 6.15 Å². The molecule has 0 aromatic heterocycles. The molecule has 0 unspecified atom stereocenters. The van der Waals surface area contributed by atoms with Crippen LogP contribution in [0.3, 0.4) is 0 Å². The van der Waals surface area contributed by atoms with Gasteiger partial charge in [-0.15, -0.1) is 0 Å². The Morgan fingerprint density at radius 3 is 1.73 bits per heavy atom. The molecule has 0 fully saturated rings. The van der Waals surface area contributed by atoms with Gasteiger partial charge in [0.25, 0.3) is 0 Å². The number of rotatable bonds is 3. The predicted molar refractivity (Wildman–Crippen MR) is 30.5 cm³/mol. The van der Waals surface area contributed by atoms with E-state index in [1.807, 2.05) is 0 Å². The molecule has 0 aliphatic rings. The van der Waals surface area contributed by atoms with Gasteiger partial charge in [-0.25, -0.2) is 0 Å². The average Bonchev–Trinajstić information content (AvgIpc) is 1.60. The second kappa shape index (κ2) is 4.20. The third-order valence-corrected chi connectivity index (χ3v) is 1.76. The Balaban J connectivity index is 0. The summed E-state index contributed by atoms with van der Waals surface area (Å²) in [6.07, 6.45) is 0.474. The van der Waals surface area contributed by atoms with Gasteiger partial charge in [-0.2, -0.15) is 14.0 Å². The average molecular weight is 188 g/mol. The molecule has 70 valence electrons. The van der Waals surface area contributed by atoms with Crippen LogP contribution in [0.2, 0.25) is 0 Å². The molecule has 6 heteroatoms. The lowest BCUT2D eigenvalue weighted by molar-refractivity contribution is -1.92. The molecule has 0 spiro atoms. The molecule has 0 radical (unpaired) electrons. The van der Waals surface area contributed by atoms with Crippen LogP contribution in [0.25, 0.3) is 0 Å². The molecule has 3 N–H and O–H groups in total.